The molecule has 3 unspecified atom stereocenters. The smallest absolute Gasteiger partial charge is 0.472 e. The van der Waals surface area contributed by atoms with Gasteiger partial charge in [0.25, 0.3) is 0 Å². The van der Waals surface area contributed by atoms with Crippen LogP contribution in [-0.2, 0) is 37.5 Å². The van der Waals surface area contributed by atoms with Gasteiger partial charge in [-0.05, 0) is 51.4 Å². The first-order valence-electron chi connectivity index (χ1n) is 15.7. The summed E-state index contributed by atoms with van der Waals surface area (Å²) in [5.74, 6) is -2.46. The van der Waals surface area contributed by atoms with E-state index < -0.39 is 51.1 Å². The van der Waals surface area contributed by atoms with Crippen LogP contribution >= 0.6 is 7.82 Å². The number of hydrogen-bond acceptors (Lipinski definition) is 9. The molecule has 0 heterocycles. The van der Waals surface area contributed by atoms with Crippen molar-refractivity contribution in [3.05, 3.63) is 48.6 Å². The minimum Gasteiger partial charge on any atom is -0.480 e. The topological polar surface area (TPSA) is 172 Å². The van der Waals surface area contributed by atoms with Crippen molar-refractivity contribution in [2.24, 2.45) is 5.73 Å². The molecule has 252 valence electrons. The standard InChI is InChI=1S/C32H54NO10P/c1-3-5-7-9-10-11-12-13-14-15-16-17-18-20-22-24-31(35)43-28(25-40-30(34)23-21-19-8-6-4-2)26-41-44(38,39)42-27-29(33)32(36)37/h5,7,10-11,13-14,16-17,28-29H,3-4,6,8-9,12,15,18-27,33H2,1-2H3,(H,36,37)(H,38,39)/b7-5-,11-10-,14-13-,17-16-. The Morgan fingerprint density at radius 1 is 0.727 bits per heavy atom. The van der Waals surface area contributed by atoms with Crippen LogP contribution < -0.4 is 5.73 Å². The molecular weight excluding hydrogens is 589 g/mol. The van der Waals surface area contributed by atoms with Crippen LogP contribution in [-0.4, -0.2) is 59.9 Å². The summed E-state index contributed by atoms with van der Waals surface area (Å²) in [7, 11) is -4.71. The van der Waals surface area contributed by atoms with Crippen molar-refractivity contribution >= 4 is 25.7 Å². The van der Waals surface area contributed by atoms with Crippen molar-refractivity contribution in [3.63, 3.8) is 0 Å². The molecule has 0 saturated heterocycles. The second kappa shape index (κ2) is 28.0. The lowest BCUT2D eigenvalue weighted by Crippen LogP contribution is -2.34. The van der Waals surface area contributed by atoms with Gasteiger partial charge in [0.1, 0.15) is 12.6 Å². The van der Waals surface area contributed by atoms with Crippen LogP contribution in [0.15, 0.2) is 48.6 Å². The Labute approximate surface area is 263 Å². The molecule has 0 aliphatic heterocycles. The van der Waals surface area contributed by atoms with Gasteiger partial charge in [-0.1, -0.05) is 88.1 Å². The van der Waals surface area contributed by atoms with Crippen molar-refractivity contribution in [3.8, 4) is 0 Å². The normalized spacial score (nSPS) is 14.8. The third kappa shape index (κ3) is 27.0. The molecule has 0 saturated carbocycles. The molecular formula is C32H54NO10P. The predicted octanol–water partition coefficient (Wildman–Crippen LogP) is 6.71. The lowest BCUT2D eigenvalue weighted by Gasteiger charge is -2.20. The second-order valence-corrected chi connectivity index (χ2v) is 11.7. The van der Waals surface area contributed by atoms with E-state index >= 15 is 0 Å². The molecule has 0 aliphatic carbocycles. The second-order valence-electron chi connectivity index (χ2n) is 10.2. The third-order valence-electron chi connectivity index (χ3n) is 6.09. The quantitative estimate of drug-likeness (QED) is 0.0358. The summed E-state index contributed by atoms with van der Waals surface area (Å²) in [6.07, 6.45) is 26.8. The highest BCUT2D eigenvalue weighted by molar-refractivity contribution is 7.47. The first kappa shape index (κ1) is 41.4. The average Bonchev–Trinajstić information content (AvgIpc) is 2.99. The van der Waals surface area contributed by atoms with Crippen molar-refractivity contribution < 1.29 is 47.5 Å². The van der Waals surface area contributed by atoms with Crippen LogP contribution in [0.2, 0.25) is 0 Å². The highest BCUT2D eigenvalue weighted by Crippen LogP contribution is 2.43. The fourth-order valence-electron chi connectivity index (χ4n) is 3.58. The molecule has 0 aromatic carbocycles. The van der Waals surface area contributed by atoms with E-state index in [1.165, 1.54) is 0 Å². The lowest BCUT2D eigenvalue weighted by molar-refractivity contribution is -0.161. The molecule has 44 heavy (non-hydrogen) atoms. The Bertz CT molecular complexity index is 947. The number of allylic oxidation sites excluding steroid dienone is 8. The van der Waals surface area contributed by atoms with Crippen LogP contribution in [0.4, 0.5) is 0 Å². The van der Waals surface area contributed by atoms with E-state index in [1.807, 2.05) is 0 Å². The summed E-state index contributed by atoms with van der Waals surface area (Å²) < 4.78 is 32.1. The van der Waals surface area contributed by atoms with Crippen LogP contribution in [0.1, 0.15) is 104 Å². The number of esters is 2. The highest BCUT2D eigenvalue weighted by atomic mass is 31.2. The van der Waals surface area contributed by atoms with Crippen LogP contribution in [0.5, 0.6) is 0 Å². The number of rotatable bonds is 28. The zero-order valence-electron chi connectivity index (χ0n) is 26.5. The van der Waals surface area contributed by atoms with Crippen molar-refractivity contribution in [1.82, 2.24) is 0 Å². The van der Waals surface area contributed by atoms with Crippen LogP contribution in [0.3, 0.4) is 0 Å². The number of hydrogen-bond donors (Lipinski definition) is 3. The fraction of sp³-hybridized carbons (Fsp3) is 0.656. The number of aliphatic carboxylic acids is 1. The first-order valence-corrected chi connectivity index (χ1v) is 17.2. The molecule has 0 radical (unpaired) electrons. The number of phosphoric acid groups is 1. The van der Waals surface area contributed by atoms with Gasteiger partial charge in [0.2, 0.25) is 0 Å². The van der Waals surface area contributed by atoms with Gasteiger partial charge in [-0.3, -0.25) is 23.4 Å². The van der Waals surface area contributed by atoms with Crippen LogP contribution in [0.25, 0.3) is 0 Å². The number of ether oxygens (including phenoxy) is 2. The van der Waals surface area contributed by atoms with Gasteiger partial charge >= 0.3 is 25.7 Å². The van der Waals surface area contributed by atoms with E-state index in [2.05, 4.69) is 67.0 Å². The maximum Gasteiger partial charge on any atom is 0.472 e. The monoisotopic (exact) mass is 643 g/mol. The van der Waals surface area contributed by atoms with Gasteiger partial charge in [0.05, 0.1) is 13.2 Å². The fourth-order valence-corrected chi connectivity index (χ4v) is 4.36. The molecule has 12 heteroatoms. The predicted molar refractivity (Wildman–Crippen MR) is 171 cm³/mol. The first-order chi connectivity index (χ1) is 21.1. The van der Waals surface area contributed by atoms with E-state index in [9.17, 15) is 23.8 Å². The number of carboxylic acids is 1. The number of carboxylic acid groups (broad SMARTS) is 1. The Hall–Kier alpha value is -2.56. The Balaban J connectivity index is 4.56. The minimum atomic E-state index is -4.71. The number of carbonyl (C=O) groups is 3. The molecule has 4 N–H and O–H groups in total. The highest BCUT2D eigenvalue weighted by Gasteiger charge is 2.28. The SMILES string of the molecule is CC/C=C\C/C=C\C/C=C\C/C=C\CCCCC(=O)OC(COC(=O)CCCCCCC)COP(=O)(O)OCC(N)C(=O)O. The summed E-state index contributed by atoms with van der Waals surface area (Å²) in [6, 6.07) is -1.53. The summed E-state index contributed by atoms with van der Waals surface area (Å²) in [5, 5.41) is 8.79. The van der Waals surface area contributed by atoms with Gasteiger partial charge in [0, 0.05) is 12.8 Å². The molecule has 0 amide bonds. The van der Waals surface area contributed by atoms with Gasteiger partial charge < -0.3 is 25.2 Å². The average molecular weight is 644 g/mol. The molecule has 0 rings (SSSR count). The lowest BCUT2D eigenvalue weighted by atomic mass is 10.1. The number of unbranched alkanes of at least 4 members (excludes halogenated alkanes) is 6. The molecule has 3 atom stereocenters. The molecule has 0 aliphatic rings. The maximum absolute atomic E-state index is 12.4. The molecule has 0 spiro atoms. The van der Waals surface area contributed by atoms with Crippen LogP contribution in [0, 0.1) is 0 Å². The van der Waals surface area contributed by atoms with E-state index in [4.69, 9.17) is 24.8 Å². The molecule has 0 fully saturated rings. The Kier molecular flexibility index (Phi) is 26.3. The van der Waals surface area contributed by atoms with E-state index in [-0.39, 0.29) is 19.4 Å². The number of phosphoric ester groups is 1. The van der Waals surface area contributed by atoms with Gasteiger partial charge in [-0.15, -0.1) is 0 Å². The van der Waals surface area contributed by atoms with Gasteiger partial charge in [-0.25, -0.2) is 4.57 Å². The van der Waals surface area contributed by atoms with Crippen molar-refractivity contribution in [1.29, 1.82) is 0 Å². The van der Waals surface area contributed by atoms with E-state index in [0.717, 1.165) is 64.2 Å². The Morgan fingerprint density at radius 3 is 1.89 bits per heavy atom. The zero-order chi connectivity index (χ0) is 32.9. The number of nitrogens with two attached hydrogens (primary N) is 1. The minimum absolute atomic E-state index is 0.107. The van der Waals surface area contributed by atoms with Gasteiger partial charge in [-0.2, -0.15) is 0 Å². The third-order valence-corrected chi connectivity index (χ3v) is 7.04. The summed E-state index contributed by atoms with van der Waals surface area (Å²) in [5.41, 5.74) is 5.27. The summed E-state index contributed by atoms with van der Waals surface area (Å²) in [6.45, 7) is 2.48. The summed E-state index contributed by atoms with van der Waals surface area (Å²) in [4.78, 5) is 45.2. The van der Waals surface area contributed by atoms with Gasteiger partial charge in [0.15, 0.2) is 6.10 Å². The molecule has 11 nitrogen and oxygen atoms in total. The molecule has 0 bridgehead atoms. The van der Waals surface area contributed by atoms with E-state index in [1.54, 1.807) is 0 Å². The molecule has 0 aromatic rings. The zero-order valence-corrected chi connectivity index (χ0v) is 27.4. The number of carbonyl (C=O) groups excluding carboxylic acids is 2. The largest absolute Gasteiger partial charge is 0.480 e. The Morgan fingerprint density at radius 2 is 1.27 bits per heavy atom. The van der Waals surface area contributed by atoms with E-state index in [0.29, 0.717) is 12.8 Å². The van der Waals surface area contributed by atoms with Crippen molar-refractivity contribution in [2.45, 2.75) is 116 Å². The molecule has 0 aromatic heterocycles. The maximum atomic E-state index is 12.4. The summed E-state index contributed by atoms with van der Waals surface area (Å²) >= 11 is 0. The van der Waals surface area contributed by atoms with Crippen molar-refractivity contribution in [2.75, 3.05) is 19.8 Å².